The van der Waals surface area contributed by atoms with Crippen LogP contribution in [-0.2, 0) is 4.79 Å². The van der Waals surface area contributed by atoms with E-state index in [1.54, 1.807) is 6.07 Å². The first-order valence-corrected chi connectivity index (χ1v) is 8.52. The number of rotatable bonds is 4. The quantitative estimate of drug-likeness (QED) is 0.868. The van der Waals surface area contributed by atoms with E-state index in [1.807, 2.05) is 4.90 Å². The molecule has 1 aromatic carbocycles. The number of ether oxygens (including phenoxy) is 1. The van der Waals surface area contributed by atoms with Crippen molar-refractivity contribution in [3.05, 3.63) is 24.3 Å². The molecule has 0 aromatic heterocycles. The second kappa shape index (κ2) is 7.51. The number of nitrogens with one attached hydrogen (secondary N) is 2. The number of benzene rings is 1. The van der Waals surface area contributed by atoms with Gasteiger partial charge in [0.15, 0.2) is 0 Å². The zero-order valence-electron chi connectivity index (χ0n) is 13.8. The van der Waals surface area contributed by atoms with Crippen molar-refractivity contribution in [3.63, 3.8) is 0 Å². The number of halogens is 3. The Morgan fingerprint density at radius 3 is 2.88 bits per heavy atom. The molecule has 2 saturated heterocycles. The molecule has 8 heteroatoms. The van der Waals surface area contributed by atoms with E-state index in [2.05, 4.69) is 15.4 Å². The van der Waals surface area contributed by atoms with Gasteiger partial charge < -0.3 is 20.3 Å². The predicted octanol–water partition coefficient (Wildman–Crippen LogP) is 2.28. The molecule has 2 fully saturated rings. The summed E-state index contributed by atoms with van der Waals surface area (Å²) < 4.78 is 41.0. The minimum atomic E-state index is -4.70. The predicted molar refractivity (Wildman–Crippen MR) is 87.5 cm³/mol. The van der Waals surface area contributed by atoms with Crippen molar-refractivity contribution < 1.29 is 22.7 Å². The number of carbonyl (C=O) groups excluding carboxylic acids is 1. The van der Waals surface area contributed by atoms with Crippen molar-refractivity contribution in [1.29, 1.82) is 0 Å². The van der Waals surface area contributed by atoms with Gasteiger partial charge in [0.1, 0.15) is 5.75 Å². The number of carbonyl (C=O) groups is 1. The number of nitrogens with zero attached hydrogens (tertiary/aromatic N) is 1. The Hall–Kier alpha value is -1.96. The highest BCUT2D eigenvalue weighted by Crippen LogP contribution is 2.28. The highest BCUT2D eigenvalue weighted by molar-refractivity contribution is 5.79. The number of alkyl halides is 3. The molecule has 2 atom stereocenters. The summed E-state index contributed by atoms with van der Waals surface area (Å²) in [6.45, 7) is 2.93. The number of amides is 1. The van der Waals surface area contributed by atoms with Gasteiger partial charge in [-0.2, -0.15) is 0 Å². The summed E-state index contributed by atoms with van der Waals surface area (Å²) in [4.78, 5) is 14.3. The van der Waals surface area contributed by atoms with Gasteiger partial charge in [0.2, 0.25) is 5.91 Å². The lowest BCUT2D eigenvalue weighted by Crippen LogP contribution is -2.45. The molecule has 0 radical (unpaired) electrons. The minimum Gasteiger partial charge on any atom is -0.406 e. The normalized spacial score (nSPS) is 24.2. The standard InChI is InChI=1S/C17H22F3N3O2/c18-17(19,20)25-15-5-1-4-14(9-15)23-8-6-13(11-23)22-16(24)12-3-2-7-21-10-12/h1,4-5,9,12-13,21H,2-3,6-8,10-11H2,(H,22,24). The van der Waals surface area contributed by atoms with E-state index in [0.717, 1.165) is 25.8 Å². The van der Waals surface area contributed by atoms with E-state index in [-0.39, 0.29) is 23.6 Å². The van der Waals surface area contributed by atoms with Crippen LogP contribution in [0.3, 0.4) is 0 Å². The van der Waals surface area contributed by atoms with E-state index in [4.69, 9.17) is 0 Å². The topological polar surface area (TPSA) is 53.6 Å². The SMILES string of the molecule is O=C(NC1CCN(c2cccc(OC(F)(F)F)c2)C1)C1CCCNC1. The van der Waals surface area contributed by atoms with Gasteiger partial charge in [-0.3, -0.25) is 4.79 Å². The summed E-state index contributed by atoms with van der Waals surface area (Å²) in [7, 11) is 0. The molecule has 25 heavy (non-hydrogen) atoms. The van der Waals surface area contributed by atoms with Gasteiger partial charge in [-0.05, 0) is 37.9 Å². The van der Waals surface area contributed by atoms with Gasteiger partial charge in [0.25, 0.3) is 0 Å². The van der Waals surface area contributed by atoms with E-state index < -0.39 is 6.36 Å². The zero-order valence-corrected chi connectivity index (χ0v) is 13.8. The van der Waals surface area contributed by atoms with Crippen LogP contribution in [0.2, 0.25) is 0 Å². The lowest BCUT2D eigenvalue weighted by Gasteiger charge is -2.24. The number of hydrogen-bond donors (Lipinski definition) is 2. The summed E-state index contributed by atoms with van der Waals surface area (Å²) in [5.41, 5.74) is 0.665. The summed E-state index contributed by atoms with van der Waals surface area (Å²) in [6.07, 6.45) is -2.03. The Kier molecular flexibility index (Phi) is 5.36. The molecule has 2 N–H and O–H groups in total. The lowest BCUT2D eigenvalue weighted by atomic mass is 9.98. The molecule has 1 amide bonds. The van der Waals surface area contributed by atoms with Crippen molar-refractivity contribution in [2.75, 3.05) is 31.1 Å². The number of piperidine rings is 1. The molecule has 0 saturated carbocycles. The van der Waals surface area contributed by atoms with Crippen LogP contribution in [0, 0.1) is 5.92 Å². The van der Waals surface area contributed by atoms with Crippen molar-refractivity contribution >= 4 is 11.6 Å². The van der Waals surface area contributed by atoms with Crippen molar-refractivity contribution in [2.24, 2.45) is 5.92 Å². The van der Waals surface area contributed by atoms with Gasteiger partial charge in [-0.1, -0.05) is 6.07 Å². The van der Waals surface area contributed by atoms with Gasteiger partial charge >= 0.3 is 6.36 Å². The molecule has 2 aliphatic rings. The van der Waals surface area contributed by atoms with Crippen molar-refractivity contribution in [2.45, 2.75) is 31.7 Å². The van der Waals surface area contributed by atoms with Crippen LogP contribution in [0.15, 0.2) is 24.3 Å². The van der Waals surface area contributed by atoms with E-state index in [9.17, 15) is 18.0 Å². The Balaban J connectivity index is 1.55. The summed E-state index contributed by atoms with van der Waals surface area (Å²) in [6, 6.07) is 5.96. The zero-order chi connectivity index (χ0) is 17.9. The fraction of sp³-hybridized carbons (Fsp3) is 0.588. The van der Waals surface area contributed by atoms with Crippen molar-refractivity contribution in [1.82, 2.24) is 10.6 Å². The molecule has 138 valence electrons. The summed E-state index contributed by atoms with van der Waals surface area (Å²) in [5.74, 6) is -0.162. The first kappa shape index (κ1) is 17.8. The molecule has 2 unspecified atom stereocenters. The third kappa shape index (κ3) is 5.01. The Bertz CT molecular complexity index is 603. The third-order valence-corrected chi connectivity index (χ3v) is 4.62. The van der Waals surface area contributed by atoms with Crippen LogP contribution >= 0.6 is 0 Å². The third-order valence-electron chi connectivity index (χ3n) is 4.62. The fourth-order valence-corrected chi connectivity index (χ4v) is 3.38. The van der Waals surface area contributed by atoms with Crippen LogP contribution < -0.4 is 20.3 Å². The fourth-order valence-electron chi connectivity index (χ4n) is 3.38. The van der Waals surface area contributed by atoms with Crippen LogP contribution in [0.5, 0.6) is 5.75 Å². The van der Waals surface area contributed by atoms with Crippen molar-refractivity contribution in [3.8, 4) is 5.75 Å². The highest BCUT2D eigenvalue weighted by atomic mass is 19.4. The second-order valence-electron chi connectivity index (χ2n) is 6.53. The first-order valence-electron chi connectivity index (χ1n) is 8.52. The van der Waals surface area contributed by atoms with Gasteiger partial charge in [0.05, 0.1) is 5.92 Å². The Morgan fingerprint density at radius 1 is 1.32 bits per heavy atom. The van der Waals surface area contributed by atoms with Crippen LogP contribution in [0.1, 0.15) is 19.3 Å². The Labute approximate surface area is 144 Å². The summed E-state index contributed by atoms with van der Waals surface area (Å²) in [5, 5.41) is 6.29. The van der Waals surface area contributed by atoms with Gasteiger partial charge in [-0.25, -0.2) is 0 Å². The maximum atomic E-state index is 12.3. The van der Waals surface area contributed by atoms with Gasteiger partial charge in [0, 0.05) is 37.4 Å². The maximum absolute atomic E-state index is 12.3. The molecule has 2 aliphatic heterocycles. The van der Waals surface area contributed by atoms with Gasteiger partial charge in [-0.15, -0.1) is 13.2 Å². The minimum absolute atomic E-state index is 0.00585. The smallest absolute Gasteiger partial charge is 0.406 e. The second-order valence-corrected chi connectivity index (χ2v) is 6.53. The number of anilines is 1. The molecule has 2 heterocycles. The molecule has 3 rings (SSSR count). The molecule has 0 aliphatic carbocycles. The molecule has 0 spiro atoms. The first-order chi connectivity index (χ1) is 11.9. The molecule has 1 aromatic rings. The average Bonchev–Trinajstić information content (AvgIpc) is 3.03. The average molecular weight is 357 g/mol. The van der Waals surface area contributed by atoms with Crippen LogP contribution in [0.4, 0.5) is 18.9 Å². The molecule has 0 bridgehead atoms. The van der Waals surface area contributed by atoms with E-state index in [1.165, 1.54) is 18.2 Å². The lowest BCUT2D eigenvalue weighted by molar-refractivity contribution is -0.274. The highest BCUT2D eigenvalue weighted by Gasteiger charge is 2.32. The Morgan fingerprint density at radius 2 is 2.16 bits per heavy atom. The largest absolute Gasteiger partial charge is 0.573 e. The maximum Gasteiger partial charge on any atom is 0.573 e. The molecular formula is C17H22F3N3O2. The number of hydrogen-bond acceptors (Lipinski definition) is 4. The molecular weight excluding hydrogens is 335 g/mol. The van der Waals surface area contributed by atoms with E-state index in [0.29, 0.717) is 25.3 Å². The summed E-state index contributed by atoms with van der Waals surface area (Å²) >= 11 is 0. The van der Waals surface area contributed by atoms with Crippen LogP contribution in [-0.4, -0.2) is 44.5 Å². The van der Waals surface area contributed by atoms with E-state index >= 15 is 0 Å². The monoisotopic (exact) mass is 357 g/mol. The van der Waals surface area contributed by atoms with Crippen LogP contribution in [0.25, 0.3) is 0 Å². The molecule has 5 nitrogen and oxygen atoms in total.